The number of nitrogens with two attached hydrogens (primary N) is 1. The molecule has 0 aromatic heterocycles. The molecule has 0 bridgehead atoms. The summed E-state index contributed by atoms with van der Waals surface area (Å²) in [7, 11) is 1.88. The van der Waals surface area contributed by atoms with Crippen molar-refractivity contribution < 1.29 is 4.39 Å². The maximum atomic E-state index is 12.6. The van der Waals surface area contributed by atoms with Gasteiger partial charge in [0.2, 0.25) is 0 Å². The average molecular weight is 182 g/mol. The van der Waals surface area contributed by atoms with Crippen molar-refractivity contribution in [3.8, 4) is 0 Å². The third-order valence-corrected chi connectivity index (χ3v) is 2.08. The van der Waals surface area contributed by atoms with Crippen molar-refractivity contribution in [1.29, 1.82) is 0 Å². The van der Waals surface area contributed by atoms with Gasteiger partial charge in [-0.1, -0.05) is 12.1 Å². The molecule has 0 spiro atoms. The molecule has 3 N–H and O–H groups in total. The van der Waals surface area contributed by atoms with Crippen LogP contribution in [0.3, 0.4) is 0 Å². The van der Waals surface area contributed by atoms with E-state index in [0.717, 1.165) is 12.1 Å². The van der Waals surface area contributed by atoms with Crippen molar-refractivity contribution in [1.82, 2.24) is 5.32 Å². The topological polar surface area (TPSA) is 38.0 Å². The Balaban J connectivity index is 2.73. The summed E-state index contributed by atoms with van der Waals surface area (Å²) < 4.78 is 12.6. The Morgan fingerprint density at radius 1 is 1.38 bits per heavy atom. The van der Waals surface area contributed by atoms with Crippen LogP contribution >= 0.6 is 0 Å². The molecule has 1 atom stereocenters. The lowest BCUT2D eigenvalue weighted by Crippen LogP contribution is -2.23. The molecule has 1 aromatic rings. The monoisotopic (exact) mass is 182 g/mol. The smallest absolute Gasteiger partial charge is 0.123 e. The van der Waals surface area contributed by atoms with Crippen LogP contribution in [0.2, 0.25) is 0 Å². The molecule has 0 aliphatic rings. The lowest BCUT2D eigenvalue weighted by atomic mass is 9.99. The van der Waals surface area contributed by atoms with Crippen molar-refractivity contribution in [2.75, 3.05) is 20.1 Å². The van der Waals surface area contributed by atoms with E-state index in [1.165, 1.54) is 12.1 Å². The zero-order valence-corrected chi connectivity index (χ0v) is 7.76. The van der Waals surface area contributed by atoms with Crippen LogP contribution in [0.5, 0.6) is 0 Å². The number of hydrogen-bond donors (Lipinski definition) is 2. The molecular weight excluding hydrogens is 167 g/mol. The number of halogens is 1. The molecule has 0 fully saturated rings. The molecule has 0 aliphatic heterocycles. The van der Waals surface area contributed by atoms with Crippen molar-refractivity contribution in [2.24, 2.45) is 5.73 Å². The average Bonchev–Trinajstić information content (AvgIpc) is 2.16. The minimum atomic E-state index is -0.205. The Kier molecular flexibility index (Phi) is 3.86. The van der Waals surface area contributed by atoms with Crippen LogP contribution in [-0.2, 0) is 0 Å². The van der Waals surface area contributed by atoms with Crippen LogP contribution < -0.4 is 11.1 Å². The molecule has 0 radical (unpaired) electrons. The number of hydrogen-bond acceptors (Lipinski definition) is 2. The van der Waals surface area contributed by atoms with Gasteiger partial charge in [0.05, 0.1) is 0 Å². The maximum absolute atomic E-state index is 12.6. The SMILES string of the molecule is CNCC(CN)c1ccc(F)cc1. The first-order valence-corrected chi connectivity index (χ1v) is 4.38. The van der Waals surface area contributed by atoms with Crippen LogP contribution in [0.1, 0.15) is 11.5 Å². The van der Waals surface area contributed by atoms with Gasteiger partial charge in [-0.2, -0.15) is 0 Å². The summed E-state index contributed by atoms with van der Waals surface area (Å²) in [5.74, 6) is 0.0644. The van der Waals surface area contributed by atoms with E-state index in [2.05, 4.69) is 5.32 Å². The van der Waals surface area contributed by atoms with E-state index in [4.69, 9.17) is 5.73 Å². The third-order valence-electron chi connectivity index (χ3n) is 2.08. The van der Waals surface area contributed by atoms with E-state index >= 15 is 0 Å². The quantitative estimate of drug-likeness (QED) is 0.731. The van der Waals surface area contributed by atoms with E-state index in [0.29, 0.717) is 6.54 Å². The predicted molar refractivity (Wildman–Crippen MR) is 52.1 cm³/mol. The maximum Gasteiger partial charge on any atom is 0.123 e. The summed E-state index contributed by atoms with van der Waals surface area (Å²) in [6, 6.07) is 6.50. The van der Waals surface area contributed by atoms with Gasteiger partial charge in [-0.15, -0.1) is 0 Å². The van der Waals surface area contributed by atoms with E-state index in [1.54, 1.807) is 12.1 Å². The Morgan fingerprint density at radius 3 is 2.46 bits per heavy atom. The second kappa shape index (κ2) is 4.94. The second-order valence-electron chi connectivity index (χ2n) is 3.04. The minimum absolute atomic E-state index is 0.205. The Hall–Kier alpha value is -0.930. The highest BCUT2D eigenvalue weighted by Gasteiger charge is 2.07. The lowest BCUT2D eigenvalue weighted by molar-refractivity contribution is 0.616. The highest BCUT2D eigenvalue weighted by molar-refractivity contribution is 5.21. The zero-order valence-electron chi connectivity index (χ0n) is 7.76. The first kappa shape index (κ1) is 10.2. The second-order valence-corrected chi connectivity index (χ2v) is 3.04. The molecule has 3 heteroatoms. The van der Waals surface area contributed by atoms with Crippen molar-refractivity contribution in [3.63, 3.8) is 0 Å². The molecule has 0 aliphatic carbocycles. The van der Waals surface area contributed by atoms with Gasteiger partial charge in [-0.25, -0.2) is 4.39 Å². The first-order valence-electron chi connectivity index (χ1n) is 4.38. The minimum Gasteiger partial charge on any atom is -0.330 e. The summed E-state index contributed by atoms with van der Waals surface area (Å²) in [5, 5.41) is 3.06. The van der Waals surface area contributed by atoms with E-state index in [-0.39, 0.29) is 11.7 Å². The molecule has 0 heterocycles. The lowest BCUT2D eigenvalue weighted by Gasteiger charge is -2.14. The Morgan fingerprint density at radius 2 is 2.00 bits per heavy atom. The normalized spacial score (nSPS) is 12.8. The zero-order chi connectivity index (χ0) is 9.68. The first-order chi connectivity index (χ1) is 6.27. The predicted octanol–water partition coefficient (Wildman–Crippen LogP) is 1.09. The number of nitrogens with one attached hydrogen (secondary N) is 1. The number of likely N-dealkylation sites (N-methyl/N-ethyl adjacent to an activating group) is 1. The van der Waals surface area contributed by atoms with E-state index in [9.17, 15) is 4.39 Å². The molecule has 13 heavy (non-hydrogen) atoms. The molecular formula is C10H15FN2. The molecule has 1 unspecified atom stereocenters. The summed E-state index contributed by atoms with van der Waals surface area (Å²) >= 11 is 0. The highest BCUT2D eigenvalue weighted by atomic mass is 19.1. The van der Waals surface area contributed by atoms with Crippen LogP contribution in [-0.4, -0.2) is 20.1 Å². The number of benzene rings is 1. The molecule has 2 nitrogen and oxygen atoms in total. The van der Waals surface area contributed by atoms with Crippen molar-refractivity contribution >= 4 is 0 Å². The molecule has 0 saturated heterocycles. The van der Waals surface area contributed by atoms with E-state index in [1.807, 2.05) is 7.05 Å². The summed E-state index contributed by atoms with van der Waals surface area (Å²) in [6.07, 6.45) is 0. The van der Waals surface area contributed by atoms with Gasteiger partial charge in [-0.05, 0) is 24.7 Å². The summed E-state index contributed by atoms with van der Waals surface area (Å²) in [4.78, 5) is 0. The van der Waals surface area contributed by atoms with Crippen LogP contribution in [0, 0.1) is 5.82 Å². The Bertz CT molecular complexity index is 246. The largest absolute Gasteiger partial charge is 0.330 e. The van der Waals surface area contributed by atoms with Gasteiger partial charge >= 0.3 is 0 Å². The summed E-state index contributed by atoms with van der Waals surface area (Å²) in [6.45, 7) is 1.40. The fraction of sp³-hybridized carbons (Fsp3) is 0.400. The molecule has 0 saturated carbocycles. The van der Waals surface area contributed by atoms with Gasteiger partial charge in [0, 0.05) is 19.0 Å². The number of rotatable bonds is 4. The van der Waals surface area contributed by atoms with Crippen molar-refractivity contribution in [3.05, 3.63) is 35.6 Å². The standard InChI is InChI=1S/C10H15FN2/c1-13-7-9(6-12)8-2-4-10(11)5-3-8/h2-5,9,13H,6-7,12H2,1H3. The van der Waals surface area contributed by atoms with Gasteiger partial charge < -0.3 is 11.1 Å². The Labute approximate surface area is 77.9 Å². The van der Waals surface area contributed by atoms with Crippen LogP contribution in [0.4, 0.5) is 4.39 Å². The summed E-state index contributed by atoms with van der Waals surface area (Å²) in [5.41, 5.74) is 6.68. The third kappa shape index (κ3) is 2.79. The molecule has 1 rings (SSSR count). The van der Waals surface area contributed by atoms with Crippen LogP contribution in [0.25, 0.3) is 0 Å². The molecule has 72 valence electrons. The van der Waals surface area contributed by atoms with Gasteiger partial charge in [0.15, 0.2) is 0 Å². The molecule has 1 aromatic carbocycles. The van der Waals surface area contributed by atoms with Crippen molar-refractivity contribution in [2.45, 2.75) is 5.92 Å². The van der Waals surface area contributed by atoms with Gasteiger partial charge in [-0.3, -0.25) is 0 Å². The molecule has 0 amide bonds. The van der Waals surface area contributed by atoms with Crippen LogP contribution in [0.15, 0.2) is 24.3 Å². The van der Waals surface area contributed by atoms with E-state index < -0.39 is 0 Å². The fourth-order valence-electron chi connectivity index (χ4n) is 1.32. The fourth-order valence-corrected chi connectivity index (χ4v) is 1.32. The van der Waals surface area contributed by atoms with Gasteiger partial charge in [0.1, 0.15) is 5.82 Å². The highest BCUT2D eigenvalue weighted by Crippen LogP contribution is 2.13. The van der Waals surface area contributed by atoms with Gasteiger partial charge in [0.25, 0.3) is 0 Å².